The molecule has 1 unspecified atom stereocenters. The molecule has 0 saturated carbocycles. The van der Waals surface area contributed by atoms with Crippen molar-refractivity contribution >= 4 is 50.1 Å². The number of carbonyl (C=O) groups excluding carboxylic acids is 1. The highest BCUT2D eigenvalue weighted by Crippen LogP contribution is 2.33. The number of thioether (sulfide) groups is 1. The topological polar surface area (TPSA) is 55.7 Å². The molecule has 3 aromatic carbocycles. The average Bonchev–Trinajstić information content (AvgIpc) is 2.68. The number of carbonyl (C=O) groups is 1. The van der Waals surface area contributed by atoms with Crippen molar-refractivity contribution < 1.29 is 4.79 Å². The van der Waals surface area contributed by atoms with Crippen LogP contribution in [0.3, 0.4) is 0 Å². The molecular weight excluding hydrogens is 342 g/mol. The molecule has 128 valence electrons. The maximum atomic E-state index is 12.0. The van der Waals surface area contributed by atoms with E-state index in [1.807, 2.05) is 44.2 Å². The predicted molar refractivity (Wildman–Crippen MR) is 107 cm³/mol. The van der Waals surface area contributed by atoms with Gasteiger partial charge in [-0.2, -0.15) is 0 Å². The molecule has 0 saturated heterocycles. The minimum Gasteiger partial charge on any atom is -0.294 e. The summed E-state index contributed by atoms with van der Waals surface area (Å²) in [5.74, 6) is 0.0459. The molecule has 0 aliphatic carbocycles. The zero-order chi connectivity index (χ0) is 18.1. The van der Waals surface area contributed by atoms with Gasteiger partial charge in [-0.3, -0.25) is 4.79 Å². The lowest BCUT2D eigenvalue weighted by Crippen LogP contribution is -2.10. The summed E-state index contributed by atoms with van der Waals surface area (Å²) in [6, 6.07) is 16.4. The van der Waals surface area contributed by atoms with Gasteiger partial charge in [0.15, 0.2) is 5.78 Å². The summed E-state index contributed by atoms with van der Waals surface area (Å²) in [5.41, 5.74) is 1.61. The maximum Gasteiger partial charge on any atom is 0.210 e. The van der Waals surface area contributed by atoms with Crippen molar-refractivity contribution in [2.24, 2.45) is 0 Å². The van der Waals surface area contributed by atoms with Gasteiger partial charge < -0.3 is 0 Å². The lowest BCUT2D eigenvalue weighted by molar-refractivity contribution is -0.113. The number of allylic oxidation sites excluding steroid dienone is 2. The Bertz CT molecular complexity index is 1130. The summed E-state index contributed by atoms with van der Waals surface area (Å²) < 4.78 is 0. The maximum absolute atomic E-state index is 12.0. The highest BCUT2D eigenvalue weighted by molar-refractivity contribution is 8.00. The van der Waals surface area contributed by atoms with Crippen LogP contribution in [0.4, 0.5) is 0 Å². The highest BCUT2D eigenvalue weighted by atomic mass is 32.2. The van der Waals surface area contributed by atoms with Gasteiger partial charge in [0.05, 0.1) is 5.25 Å². The second-order valence-corrected chi connectivity index (χ2v) is 7.35. The van der Waals surface area contributed by atoms with E-state index in [4.69, 9.17) is 4.98 Å². The van der Waals surface area contributed by atoms with Gasteiger partial charge >= 0.3 is 0 Å². The summed E-state index contributed by atoms with van der Waals surface area (Å²) in [4.78, 5) is 16.8. The van der Waals surface area contributed by atoms with E-state index in [-0.39, 0.29) is 11.0 Å². The van der Waals surface area contributed by atoms with Crippen LogP contribution in [0.25, 0.3) is 32.6 Å². The van der Waals surface area contributed by atoms with Crippen molar-refractivity contribution in [1.29, 1.82) is 0 Å². The quantitative estimate of drug-likeness (QED) is 0.293. The Hall–Kier alpha value is -2.79. The van der Waals surface area contributed by atoms with Crippen LogP contribution in [0.1, 0.15) is 13.8 Å². The molecule has 4 aromatic rings. The van der Waals surface area contributed by atoms with Crippen molar-refractivity contribution in [2.45, 2.75) is 24.3 Å². The van der Waals surface area contributed by atoms with Crippen molar-refractivity contribution in [3.05, 3.63) is 60.7 Å². The Morgan fingerprint density at radius 1 is 0.923 bits per heavy atom. The zero-order valence-electron chi connectivity index (χ0n) is 14.5. The summed E-state index contributed by atoms with van der Waals surface area (Å²) >= 11 is 1.33. The lowest BCUT2D eigenvalue weighted by atomic mass is 10.00. The number of benzene rings is 3. The second-order valence-electron chi connectivity index (χ2n) is 6.05. The van der Waals surface area contributed by atoms with Gasteiger partial charge in [-0.1, -0.05) is 66.4 Å². The molecule has 26 heavy (non-hydrogen) atoms. The van der Waals surface area contributed by atoms with Gasteiger partial charge in [-0.15, -0.1) is 10.2 Å². The number of hydrogen-bond acceptors (Lipinski definition) is 5. The molecule has 0 aliphatic heterocycles. The molecular formula is C21H17N3OS. The minimum absolute atomic E-state index is 0.0459. The van der Waals surface area contributed by atoms with Gasteiger partial charge in [-0.25, -0.2) is 4.98 Å². The molecule has 1 atom stereocenters. The Morgan fingerprint density at radius 3 is 2.12 bits per heavy atom. The third-order valence-corrected chi connectivity index (χ3v) is 5.31. The van der Waals surface area contributed by atoms with Crippen LogP contribution in [0.2, 0.25) is 0 Å². The number of rotatable bonds is 4. The molecule has 0 N–H and O–H groups in total. The number of ketones is 1. The van der Waals surface area contributed by atoms with Crippen LogP contribution >= 0.6 is 11.8 Å². The van der Waals surface area contributed by atoms with Gasteiger partial charge in [-0.05, 0) is 30.7 Å². The van der Waals surface area contributed by atoms with E-state index < -0.39 is 0 Å². The molecule has 4 rings (SSSR count). The first kappa shape index (κ1) is 16.7. The number of aromatic nitrogens is 3. The predicted octanol–water partition coefficient (Wildman–Crippen LogP) is 4.96. The normalized spacial score (nSPS) is 13.0. The van der Waals surface area contributed by atoms with E-state index in [2.05, 4.69) is 28.4 Å². The van der Waals surface area contributed by atoms with Crippen LogP contribution in [0, 0.1) is 0 Å². The molecule has 5 heteroatoms. The van der Waals surface area contributed by atoms with Crippen LogP contribution < -0.4 is 0 Å². The fourth-order valence-electron chi connectivity index (χ4n) is 3.10. The lowest BCUT2D eigenvalue weighted by Gasteiger charge is -2.10. The fraction of sp³-hybridized carbons (Fsp3) is 0.143. The largest absolute Gasteiger partial charge is 0.294 e. The molecule has 0 aliphatic rings. The number of fused-ring (bicyclic) bond motifs is 6. The molecule has 0 radical (unpaired) electrons. The minimum atomic E-state index is -0.253. The van der Waals surface area contributed by atoms with Crippen molar-refractivity contribution in [3.8, 4) is 0 Å². The van der Waals surface area contributed by atoms with Gasteiger partial charge in [0.25, 0.3) is 0 Å². The van der Waals surface area contributed by atoms with Crippen molar-refractivity contribution in [1.82, 2.24) is 15.2 Å². The van der Waals surface area contributed by atoms with E-state index in [9.17, 15) is 4.79 Å². The first-order valence-electron chi connectivity index (χ1n) is 8.46. The average molecular weight is 359 g/mol. The summed E-state index contributed by atoms with van der Waals surface area (Å²) in [6.45, 7) is 3.69. The van der Waals surface area contributed by atoms with E-state index in [1.165, 1.54) is 11.8 Å². The third kappa shape index (κ3) is 2.84. The monoisotopic (exact) mass is 359 g/mol. The van der Waals surface area contributed by atoms with Crippen molar-refractivity contribution in [3.63, 3.8) is 0 Å². The fourth-order valence-corrected chi connectivity index (χ4v) is 3.84. The zero-order valence-corrected chi connectivity index (χ0v) is 15.3. The van der Waals surface area contributed by atoms with Crippen LogP contribution in [-0.2, 0) is 4.79 Å². The number of nitrogens with zero attached hydrogens (tertiary/aromatic N) is 3. The molecule has 1 heterocycles. The Morgan fingerprint density at radius 2 is 1.50 bits per heavy atom. The molecule has 0 fully saturated rings. The molecule has 4 nitrogen and oxygen atoms in total. The second kappa shape index (κ2) is 6.84. The molecule has 0 bridgehead atoms. The summed E-state index contributed by atoms with van der Waals surface area (Å²) in [5, 5.41) is 13.4. The van der Waals surface area contributed by atoms with Crippen LogP contribution in [0.15, 0.2) is 65.8 Å². The molecule has 0 spiro atoms. The standard InChI is InChI=1S/C21H17N3OS/c1-3-8-18(25)13(2)26-21-22-19-16-11-6-4-9-14(16)15-10-5-7-12-17(15)20(19)23-24-21/h3-13H,1-2H3/b8-3+. The van der Waals surface area contributed by atoms with Gasteiger partial charge in [0, 0.05) is 10.8 Å². The summed E-state index contributed by atoms with van der Waals surface area (Å²) in [6.07, 6.45) is 3.33. The summed E-state index contributed by atoms with van der Waals surface area (Å²) in [7, 11) is 0. The number of hydrogen-bond donors (Lipinski definition) is 0. The van der Waals surface area contributed by atoms with E-state index in [0.29, 0.717) is 5.16 Å². The smallest absolute Gasteiger partial charge is 0.210 e. The van der Waals surface area contributed by atoms with Gasteiger partial charge in [0.1, 0.15) is 11.0 Å². The highest BCUT2D eigenvalue weighted by Gasteiger charge is 2.16. The first-order chi connectivity index (χ1) is 12.7. The van der Waals surface area contributed by atoms with Crippen LogP contribution in [-0.4, -0.2) is 26.2 Å². The van der Waals surface area contributed by atoms with E-state index in [0.717, 1.165) is 32.6 Å². The Kier molecular flexibility index (Phi) is 4.39. The first-order valence-corrected chi connectivity index (χ1v) is 9.34. The van der Waals surface area contributed by atoms with Gasteiger partial charge in [0.2, 0.25) is 5.16 Å². The molecule has 0 amide bonds. The third-order valence-electron chi connectivity index (χ3n) is 4.34. The SMILES string of the molecule is C/C=C/C(=O)C(C)Sc1nnc2c3ccccc3c3ccccc3c2n1. The van der Waals surface area contributed by atoms with E-state index >= 15 is 0 Å². The van der Waals surface area contributed by atoms with Crippen molar-refractivity contribution in [2.75, 3.05) is 0 Å². The van der Waals surface area contributed by atoms with E-state index in [1.54, 1.807) is 12.2 Å². The molecule has 1 aromatic heterocycles. The Balaban J connectivity index is 1.92. The van der Waals surface area contributed by atoms with Crippen LogP contribution in [0.5, 0.6) is 0 Å². The Labute approximate surface area is 155 Å².